The van der Waals surface area contributed by atoms with Crippen LogP contribution in [0.5, 0.6) is 0 Å². The Kier molecular flexibility index (Phi) is 4.33. The molecule has 0 bridgehead atoms. The Bertz CT molecular complexity index is 637. The summed E-state index contributed by atoms with van der Waals surface area (Å²) in [6.07, 6.45) is 6.92. The average Bonchev–Trinajstić information content (AvgIpc) is 3.06. The maximum Gasteiger partial charge on any atom is 0.137 e. The van der Waals surface area contributed by atoms with Crippen LogP contribution < -0.4 is 5.32 Å². The molecule has 2 aromatic heterocycles. The summed E-state index contributed by atoms with van der Waals surface area (Å²) in [5.74, 6) is 0. The van der Waals surface area contributed by atoms with Crippen LogP contribution in [0.25, 0.3) is 0 Å². The Morgan fingerprint density at radius 2 is 1.81 bits per heavy atom. The Morgan fingerprint density at radius 1 is 1.00 bits per heavy atom. The molecule has 3 aromatic rings. The topological polar surface area (TPSA) is 55.6 Å². The van der Waals surface area contributed by atoms with Gasteiger partial charge in [0.15, 0.2) is 0 Å². The number of rotatable bonds is 6. The van der Waals surface area contributed by atoms with E-state index < -0.39 is 0 Å². The number of aromatic nitrogens is 4. The zero-order valence-corrected chi connectivity index (χ0v) is 11.6. The van der Waals surface area contributed by atoms with Crippen LogP contribution in [0, 0.1) is 0 Å². The van der Waals surface area contributed by atoms with Crippen molar-refractivity contribution in [2.24, 2.45) is 0 Å². The van der Waals surface area contributed by atoms with Crippen molar-refractivity contribution in [2.75, 3.05) is 0 Å². The Balaban J connectivity index is 1.73. The van der Waals surface area contributed by atoms with Gasteiger partial charge in [-0.3, -0.25) is 9.67 Å². The molecule has 0 saturated heterocycles. The molecule has 0 radical (unpaired) electrons. The van der Waals surface area contributed by atoms with Gasteiger partial charge in [-0.05, 0) is 23.3 Å². The van der Waals surface area contributed by atoms with Gasteiger partial charge >= 0.3 is 0 Å². The molecule has 21 heavy (non-hydrogen) atoms. The van der Waals surface area contributed by atoms with Gasteiger partial charge in [-0.15, -0.1) is 0 Å². The van der Waals surface area contributed by atoms with Crippen molar-refractivity contribution in [1.82, 2.24) is 25.1 Å². The first-order chi connectivity index (χ1) is 10.4. The van der Waals surface area contributed by atoms with Gasteiger partial charge in [-0.25, -0.2) is 4.98 Å². The minimum absolute atomic E-state index is 0.182. The first-order valence-electron chi connectivity index (χ1n) is 6.91. The molecule has 106 valence electrons. The third-order valence-electron chi connectivity index (χ3n) is 3.34. The Morgan fingerprint density at radius 3 is 2.52 bits per heavy atom. The average molecular weight is 279 g/mol. The SMILES string of the molecule is c1ccc([C@H](Cn2cncn2)NCc2ccncc2)cc1. The predicted molar refractivity (Wildman–Crippen MR) is 80.3 cm³/mol. The Hall–Kier alpha value is -2.53. The van der Waals surface area contributed by atoms with Crippen LogP contribution in [-0.2, 0) is 13.1 Å². The molecule has 0 unspecified atom stereocenters. The quantitative estimate of drug-likeness (QED) is 0.751. The number of hydrogen-bond donors (Lipinski definition) is 1. The van der Waals surface area contributed by atoms with E-state index in [0.29, 0.717) is 0 Å². The van der Waals surface area contributed by atoms with Crippen LogP contribution in [0.4, 0.5) is 0 Å². The van der Waals surface area contributed by atoms with E-state index >= 15 is 0 Å². The first kappa shape index (κ1) is 13.5. The van der Waals surface area contributed by atoms with E-state index in [0.717, 1.165) is 13.1 Å². The van der Waals surface area contributed by atoms with E-state index in [2.05, 4.69) is 44.6 Å². The fourth-order valence-corrected chi connectivity index (χ4v) is 2.23. The molecule has 1 atom stereocenters. The number of pyridine rings is 1. The summed E-state index contributed by atoms with van der Waals surface area (Å²) in [6.45, 7) is 1.53. The lowest BCUT2D eigenvalue weighted by molar-refractivity contribution is 0.436. The first-order valence-corrected chi connectivity index (χ1v) is 6.91. The molecule has 0 aliphatic rings. The fraction of sp³-hybridized carbons (Fsp3) is 0.188. The zero-order valence-electron chi connectivity index (χ0n) is 11.6. The highest BCUT2D eigenvalue weighted by atomic mass is 15.3. The van der Waals surface area contributed by atoms with Crippen molar-refractivity contribution in [3.05, 3.63) is 78.6 Å². The lowest BCUT2D eigenvalue weighted by Crippen LogP contribution is -2.25. The molecule has 3 rings (SSSR count). The van der Waals surface area contributed by atoms with Crippen LogP contribution in [0.3, 0.4) is 0 Å². The molecule has 5 heteroatoms. The number of hydrogen-bond acceptors (Lipinski definition) is 4. The molecule has 0 amide bonds. The minimum atomic E-state index is 0.182. The van der Waals surface area contributed by atoms with Gasteiger partial charge in [0.2, 0.25) is 0 Å². The second kappa shape index (κ2) is 6.76. The van der Waals surface area contributed by atoms with E-state index in [9.17, 15) is 0 Å². The molecule has 0 fully saturated rings. The highest BCUT2D eigenvalue weighted by molar-refractivity contribution is 5.19. The normalized spacial score (nSPS) is 12.2. The monoisotopic (exact) mass is 279 g/mol. The summed E-state index contributed by atoms with van der Waals surface area (Å²) in [5.41, 5.74) is 2.45. The van der Waals surface area contributed by atoms with E-state index in [1.807, 2.05) is 35.3 Å². The molecule has 5 nitrogen and oxygen atoms in total. The maximum absolute atomic E-state index is 4.19. The second-order valence-corrected chi connectivity index (χ2v) is 4.82. The predicted octanol–water partition coefficient (Wildman–Crippen LogP) is 2.20. The van der Waals surface area contributed by atoms with Gasteiger partial charge in [-0.1, -0.05) is 30.3 Å². The van der Waals surface area contributed by atoms with Gasteiger partial charge in [0.25, 0.3) is 0 Å². The summed E-state index contributed by atoms with van der Waals surface area (Å²) in [7, 11) is 0. The van der Waals surface area contributed by atoms with Crippen molar-refractivity contribution in [3.63, 3.8) is 0 Å². The fourth-order valence-electron chi connectivity index (χ4n) is 2.23. The van der Waals surface area contributed by atoms with Gasteiger partial charge in [0, 0.05) is 18.9 Å². The van der Waals surface area contributed by atoms with E-state index in [1.165, 1.54) is 11.1 Å². The minimum Gasteiger partial charge on any atom is -0.304 e. The van der Waals surface area contributed by atoms with Crippen LogP contribution in [-0.4, -0.2) is 19.7 Å². The molecular formula is C16H17N5. The molecule has 1 aromatic carbocycles. The summed E-state index contributed by atoms with van der Waals surface area (Å²) >= 11 is 0. The van der Waals surface area contributed by atoms with E-state index in [4.69, 9.17) is 0 Å². The highest BCUT2D eigenvalue weighted by Gasteiger charge is 2.12. The van der Waals surface area contributed by atoms with Crippen molar-refractivity contribution in [3.8, 4) is 0 Å². The number of benzene rings is 1. The van der Waals surface area contributed by atoms with Crippen LogP contribution in [0.2, 0.25) is 0 Å². The van der Waals surface area contributed by atoms with Crippen molar-refractivity contribution in [1.29, 1.82) is 0 Å². The van der Waals surface area contributed by atoms with Crippen LogP contribution in [0.1, 0.15) is 17.2 Å². The number of nitrogens with one attached hydrogen (secondary N) is 1. The third-order valence-corrected chi connectivity index (χ3v) is 3.34. The Labute approximate surface area is 123 Å². The van der Waals surface area contributed by atoms with Gasteiger partial charge in [-0.2, -0.15) is 5.10 Å². The molecule has 0 aliphatic heterocycles. The highest BCUT2D eigenvalue weighted by Crippen LogP contribution is 2.15. The van der Waals surface area contributed by atoms with Crippen molar-refractivity contribution >= 4 is 0 Å². The number of nitrogens with zero attached hydrogens (tertiary/aromatic N) is 4. The molecule has 0 saturated carbocycles. The summed E-state index contributed by atoms with van der Waals surface area (Å²) in [5, 5.41) is 7.77. The molecule has 1 N–H and O–H groups in total. The standard InChI is InChI=1S/C16H17N5/c1-2-4-15(5-3-1)16(11-21-13-18-12-20-21)19-10-14-6-8-17-9-7-14/h1-9,12-13,16,19H,10-11H2/t16-/m0/s1. The largest absolute Gasteiger partial charge is 0.304 e. The molecular weight excluding hydrogens is 262 g/mol. The summed E-state index contributed by atoms with van der Waals surface area (Å²) in [4.78, 5) is 8.04. The summed E-state index contributed by atoms with van der Waals surface area (Å²) < 4.78 is 1.84. The summed E-state index contributed by atoms with van der Waals surface area (Å²) in [6, 6.07) is 14.6. The zero-order chi connectivity index (χ0) is 14.3. The van der Waals surface area contributed by atoms with Crippen LogP contribution >= 0.6 is 0 Å². The van der Waals surface area contributed by atoms with E-state index in [-0.39, 0.29) is 6.04 Å². The second-order valence-electron chi connectivity index (χ2n) is 4.82. The molecule has 0 aliphatic carbocycles. The van der Waals surface area contributed by atoms with Gasteiger partial charge < -0.3 is 5.32 Å². The third kappa shape index (κ3) is 3.73. The van der Waals surface area contributed by atoms with Crippen LogP contribution in [0.15, 0.2) is 67.5 Å². The molecule has 0 spiro atoms. The van der Waals surface area contributed by atoms with Crippen molar-refractivity contribution in [2.45, 2.75) is 19.1 Å². The van der Waals surface area contributed by atoms with Gasteiger partial charge in [0.1, 0.15) is 12.7 Å². The maximum atomic E-state index is 4.19. The smallest absolute Gasteiger partial charge is 0.137 e. The lowest BCUT2D eigenvalue weighted by atomic mass is 10.1. The van der Waals surface area contributed by atoms with E-state index in [1.54, 1.807) is 12.7 Å². The molecule has 2 heterocycles. The van der Waals surface area contributed by atoms with Gasteiger partial charge in [0.05, 0.1) is 12.6 Å². The van der Waals surface area contributed by atoms with Crippen molar-refractivity contribution < 1.29 is 0 Å². The lowest BCUT2D eigenvalue weighted by Gasteiger charge is -2.19.